The van der Waals surface area contributed by atoms with E-state index in [9.17, 15) is 19.5 Å². The maximum atomic E-state index is 14.2. The Morgan fingerprint density at radius 1 is 0.902 bits per heavy atom. The van der Waals surface area contributed by atoms with Crippen LogP contribution < -0.4 is 20.1 Å². The monoisotopic (exact) mass is 850 g/mol. The van der Waals surface area contributed by atoms with Crippen LogP contribution in [0.1, 0.15) is 50.6 Å². The second-order valence-corrected chi connectivity index (χ2v) is 16.1. The average molecular weight is 852 g/mol. The number of halogens is 2. The van der Waals surface area contributed by atoms with E-state index in [1.165, 1.54) is 0 Å². The zero-order chi connectivity index (χ0) is 42.6. The number of carbonyl (C=O) groups excluding carboxylic acids is 2. The van der Waals surface area contributed by atoms with Crippen molar-refractivity contribution >= 4 is 46.7 Å². The van der Waals surface area contributed by atoms with Crippen molar-refractivity contribution in [1.29, 1.82) is 5.26 Å². The number of nitriles is 1. The standard InChI is InChI=1S/C49H40Cl2N4O6/c1-29-4-2-3-5-36(29)26-55-27-38-24-45-42(53-48(57)46(61-45)35-15-17-39(18-16-35)60-28-32-10-19-40(50)41(51)20-32)22-37(38)23-44(55)47(56)54-43(49(58)59)21-30-6-11-33(12-7-30)34-13-8-31(25-52)9-14-34/h2-20,22,24,43-44,46H,21,23,26-28H2,1H3,(H,53,57)(H,54,56)(H,58,59)/t43?,44-,46-/m0/s1. The number of ether oxygens (including phenoxy) is 2. The fourth-order valence-electron chi connectivity index (χ4n) is 7.70. The summed E-state index contributed by atoms with van der Waals surface area (Å²) in [5.41, 5.74) is 9.11. The van der Waals surface area contributed by atoms with Gasteiger partial charge in [-0.05, 0) is 106 Å². The van der Waals surface area contributed by atoms with Crippen LogP contribution in [-0.4, -0.2) is 39.9 Å². The lowest BCUT2D eigenvalue weighted by molar-refractivity contribution is -0.142. The van der Waals surface area contributed by atoms with E-state index >= 15 is 0 Å². The summed E-state index contributed by atoms with van der Waals surface area (Å²) in [6.07, 6.45) is -0.530. The summed E-state index contributed by atoms with van der Waals surface area (Å²) < 4.78 is 12.3. The highest BCUT2D eigenvalue weighted by Gasteiger charge is 2.37. The van der Waals surface area contributed by atoms with Crippen LogP contribution in [0.5, 0.6) is 11.5 Å². The molecule has 61 heavy (non-hydrogen) atoms. The molecule has 2 amide bonds. The van der Waals surface area contributed by atoms with Crippen LogP contribution in [0.4, 0.5) is 5.69 Å². The molecular weight excluding hydrogens is 811 g/mol. The number of carbonyl (C=O) groups is 3. The highest BCUT2D eigenvalue weighted by Crippen LogP contribution is 2.40. The summed E-state index contributed by atoms with van der Waals surface area (Å²) in [5, 5.41) is 26.2. The molecule has 10 nitrogen and oxygen atoms in total. The highest BCUT2D eigenvalue weighted by molar-refractivity contribution is 6.42. The van der Waals surface area contributed by atoms with Crippen molar-refractivity contribution < 1.29 is 29.0 Å². The predicted octanol–water partition coefficient (Wildman–Crippen LogP) is 9.23. The number of rotatable bonds is 12. The van der Waals surface area contributed by atoms with Crippen molar-refractivity contribution in [2.45, 2.75) is 57.6 Å². The fraction of sp³-hybridized carbons (Fsp3) is 0.184. The van der Waals surface area contributed by atoms with Crippen molar-refractivity contribution in [1.82, 2.24) is 10.2 Å². The molecule has 2 aliphatic heterocycles. The van der Waals surface area contributed by atoms with Crippen molar-refractivity contribution in [2.24, 2.45) is 0 Å². The lowest BCUT2D eigenvalue weighted by Crippen LogP contribution is -2.54. The Bertz CT molecular complexity index is 2660. The van der Waals surface area contributed by atoms with Crippen molar-refractivity contribution in [2.75, 3.05) is 5.32 Å². The van der Waals surface area contributed by atoms with Gasteiger partial charge in [0.1, 0.15) is 24.1 Å². The minimum absolute atomic E-state index is 0.0857. The quantitative estimate of drug-likeness (QED) is 0.111. The van der Waals surface area contributed by atoms with Crippen molar-refractivity contribution in [3.63, 3.8) is 0 Å². The number of fused-ring (bicyclic) bond motifs is 2. The number of benzene rings is 6. The molecule has 0 bridgehead atoms. The number of aryl methyl sites for hydroxylation is 1. The van der Waals surface area contributed by atoms with Gasteiger partial charge in [0.05, 0.1) is 33.4 Å². The van der Waals surface area contributed by atoms with Gasteiger partial charge >= 0.3 is 5.97 Å². The lowest BCUT2D eigenvalue weighted by Gasteiger charge is -2.38. The molecule has 12 heteroatoms. The van der Waals surface area contributed by atoms with E-state index in [1.807, 2.05) is 85.8 Å². The number of nitrogens with zero attached hydrogens (tertiary/aromatic N) is 2. The number of amides is 2. The van der Waals surface area contributed by atoms with E-state index in [-0.39, 0.29) is 25.4 Å². The summed E-state index contributed by atoms with van der Waals surface area (Å²) in [7, 11) is 0. The molecule has 3 N–H and O–H groups in total. The number of anilines is 1. The summed E-state index contributed by atoms with van der Waals surface area (Å²) in [5.74, 6) is -0.753. The minimum atomic E-state index is -1.17. The van der Waals surface area contributed by atoms with E-state index in [0.29, 0.717) is 51.4 Å². The third-order valence-corrected chi connectivity index (χ3v) is 11.9. The summed E-state index contributed by atoms with van der Waals surface area (Å²) in [6.45, 7) is 3.15. The molecule has 0 aliphatic carbocycles. The van der Waals surface area contributed by atoms with Crippen LogP contribution in [0.3, 0.4) is 0 Å². The fourth-order valence-corrected chi connectivity index (χ4v) is 8.02. The molecule has 0 radical (unpaired) electrons. The van der Waals surface area contributed by atoms with Gasteiger partial charge in [-0.25, -0.2) is 4.79 Å². The molecule has 306 valence electrons. The molecule has 0 saturated heterocycles. The first-order valence-electron chi connectivity index (χ1n) is 19.7. The molecule has 8 rings (SSSR count). The van der Waals surface area contributed by atoms with Gasteiger partial charge in [0.25, 0.3) is 5.91 Å². The molecule has 6 aromatic carbocycles. The number of hydrogen-bond donors (Lipinski definition) is 3. The third-order valence-electron chi connectivity index (χ3n) is 11.1. The number of carboxylic acid groups (broad SMARTS) is 1. The molecule has 0 fully saturated rings. The minimum Gasteiger partial charge on any atom is -0.489 e. The molecule has 6 aromatic rings. The number of hydrogen-bond acceptors (Lipinski definition) is 7. The summed E-state index contributed by atoms with van der Waals surface area (Å²) in [6, 6.07) is 39.2. The average Bonchev–Trinajstić information content (AvgIpc) is 3.26. The summed E-state index contributed by atoms with van der Waals surface area (Å²) in [4.78, 5) is 42.4. The molecule has 2 heterocycles. The third kappa shape index (κ3) is 9.40. The SMILES string of the molecule is Cc1ccccc1CN1Cc2cc3c(cc2C[C@H]1C(=O)NC(Cc1ccc(-c2ccc(C#N)cc2)cc1)C(=O)O)NC(=O)[C@H](c1ccc(OCc2ccc(Cl)c(Cl)c2)cc1)O3. The number of aliphatic carboxylic acids is 1. The van der Waals surface area contributed by atoms with E-state index < -0.39 is 30.1 Å². The maximum Gasteiger partial charge on any atom is 0.326 e. The molecular formula is C49H40Cl2N4O6. The smallest absolute Gasteiger partial charge is 0.326 e. The predicted molar refractivity (Wildman–Crippen MR) is 233 cm³/mol. The molecule has 0 saturated carbocycles. The molecule has 0 aromatic heterocycles. The Morgan fingerprint density at radius 3 is 2.30 bits per heavy atom. The van der Waals surface area contributed by atoms with Crippen LogP contribution in [0.25, 0.3) is 11.1 Å². The highest BCUT2D eigenvalue weighted by atomic mass is 35.5. The summed E-state index contributed by atoms with van der Waals surface area (Å²) >= 11 is 12.2. The van der Waals surface area contributed by atoms with Gasteiger partial charge in [-0.1, -0.05) is 102 Å². The Labute approximate surface area is 363 Å². The zero-order valence-corrected chi connectivity index (χ0v) is 34.5. The van der Waals surface area contributed by atoms with Gasteiger partial charge in [-0.2, -0.15) is 5.26 Å². The first kappa shape index (κ1) is 41.1. The van der Waals surface area contributed by atoms with Gasteiger partial charge in [-0.15, -0.1) is 0 Å². The molecule has 0 spiro atoms. The van der Waals surface area contributed by atoms with E-state index in [1.54, 1.807) is 48.5 Å². The van der Waals surface area contributed by atoms with Crippen molar-refractivity contribution in [3.8, 4) is 28.7 Å². The number of nitrogens with one attached hydrogen (secondary N) is 2. The van der Waals surface area contributed by atoms with Gasteiger partial charge in [0.2, 0.25) is 12.0 Å². The molecule has 1 unspecified atom stereocenters. The van der Waals surface area contributed by atoms with E-state index in [2.05, 4.69) is 21.6 Å². The van der Waals surface area contributed by atoms with Crippen LogP contribution in [-0.2, 0) is 46.9 Å². The Balaban J connectivity index is 0.984. The number of carboxylic acids is 1. The molecule has 2 aliphatic rings. The van der Waals surface area contributed by atoms with Gasteiger partial charge in [0, 0.05) is 25.1 Å². The Kier molecular flexibility index (Phi) is 12.1. The largest absolute Gasteiger partial charge is 0.489 e. The topological polar surface area (TPSA) is 141 Å². The van der Waals surface area contributed by atoms with Gasteiger partial charge < -0.3 is 25.2 Å². The first-order chi connectivity index (χ1) is 29.5. The van der Waals surface area contributed by atoms with Crippen LogP contribution in [0, 0.1) is 18.3 Å². The molecule has 3 atom stereocenters. The Hall–Kier alpha value is -6.64. The van der Waals surface area contributed by atoms with Crippen molar-refractivity contribution in [3.05, 3.63) is 182 Å². The maximum absolute atomic E-state index is 14.2. The van der Waals surface area contributed by atoms with Crippen LogP contribution >= 0.6 is 23.2 Å². The van der Waals surface area contributed by atoms with Crippen LogP contribution in [0.15, 0.2) is 127 Å². The zero-order valence-electron chi connectivity index (χ0n) is 33.0. The first-order valence-corrected chi connectivity index (χ1v) is 20.5. The van der Waals surface area contributed by atoms with Gasteiger partial charge in [-0.3, -0.25) is 14.5 Å². The second kappa shape index (κ2) is 17.9. The van der Waals surface area contributed by atoms with Crippen LogP contribution in [0.2, 0.25) is 10.0 Å². The lowest BCUT2D eigenvalue weighted by atomic mass is 9.91. The van der Waals surface area contributed by atoms with Gasteiger partial charge in [0.15, 0.2) is 0 Å². The van der Waals surface area contributed by atoms with E-state index in [0.717, 1.165) is 44.5 Å². The van der Waals surface area contributed by atoms with E-state index in [4.69, 9.17) is 37.9 Å². The normalized spacial score (nSPS) is 16.2. The second-order valence-electron chi connectivity index (χ2n) is 15.3. The Morgan fingerprint density at radius 2 is 1.61 bits per heavy atom.